The summed E-state index contributed by atoms with van der Waals surface area (Å²) in [7, 11) is 0. The lowest BCUT2D eigenvalue weighted by Gasteiger charge is -2.20. The molecule has 0 fully saturated rings. The number of nitriles is 1. The normalized spacial score (nSPS) is 33.7. The van der Waals surface area contributed by atoms with Crippen LogP contribution in [0.2, 0.25) is 0 Å². The molecule has 0 aromatic rings. The first-order valence-corrected chi connectivity index (χ1v) is 3.57. The van der Waals surface area contributed by atoms with Gasteiger partial charge in [0.05, 0.1) is 0 Å². The van der Waals surface area contributed by atoms with E-state index < -0.39 is 0 Å². The summed E-state index contributed by atoms with van der Waals surface area (Å²) in [6, 6.07) is 1.82. The lowest BCUT2D eigenvalue weighted by Crippen LogP contribution is -1.95. The van der Waals surface area contributed by atoms with E-state index >= 15 is 0 Å². The molecule has 1 aliphatic rings. The monoisotopic (exact) mass is 185 g/mol. The molecule has 9 heavy (non-hydrogen) atoms. The number of hydrogen-bond acceptors (Lipinski definition) is 1. The molecule has 2 nitrogen and oxygen atoms in total. The van der Waals surface area contributed by atoms with Gasteiger partial charge in [-0.2, -0.15) is 5.26 Å². The fourth-order valence-corrected chi connectivity index (χ4v) is 1.11. The van der Waals surface area contributed by atoms with Crippen molar-refractivity contribution in [1.82, 2.24) is 0 Å². The van der Waals surface area contributed by atoms with Crippen molar-refractivity contribution in [3.8, 4) is 6.07 Å². The lowest BCUT2D eigenvalue weighted by atomic mass is 10.3. The highest BCUT2D eigenvalue weighted by Gasteiger charge is 2.06. The standard InChI is InChI=1S/C6H6BrN2/c1-4-2-5(3-8)9-6(4)7/h2,5-6H,1H3/q-1. The second kappa shape index (κ2) is 2.51. The summed E-state index contributed by atoms with van der Waals surface area (Å²) in [4.78, 5) is 0.0714. The van der Waals surface area contributed by atoms with Crippen molar-refractivity contribution in [3.63, 3.8) is 0 Å². The second-order valence-electron chi connectivity index (χ2n) is 1.97. The molecule has 1 rings (SSSR count). The minimum absolute atomic E-state index is 0.0714. The predicted octanol–water partition coefficient (Wildman–Crippen LogP) is 1.93. The zero-order chi connectivity index (χ0) is 6.85. The average molecular weight is 186 g/mol. The van der Waals surface area contributed by atoms with Crippen molar-refractivity contribution < 1.29 is 0 Å². The topological polar surface area (TPSA) is 37.9 Å². The fraction of sp³-hybridized carbons (Fsp3) is 0.500. The first-order chi connectivity index (χ1) is 4.24. The molecule has 3 heteroatoms. The molecule has 0 N–H and O–H groups in total. The highest BCUT2D eigenvalue weighted by atomic mass is 79.9. The molecule has 0 saturated heterocycles. The van der Waals surface area contributed by atoms with Crippen molar-refractivity contribution >= 4 is 15.9 Å². The number of alkyl halides is 1. The Labute approximate surface area is 62.7 Å². The molecule has 2 atom stereocenters. The largest absolute Gasteiger partial charge is 0.628 e. The number of hydrogen-bond donors (Lipinski definition) is 0. The van der Waals surface area contributed by atoms with Crippen LogP contribution in [0, 0.1) is 11.3 Å². The quantitative estimate of drug-likeness (QED) is 0.323. The molecular formula is C6H6BrN2-. The summed E-state index contributed by atoms with van der Waals surface area (Å²) in [5, 5.41) is 12.4. The maximum atomic E-state index is 8.39. The van der Waals surface area contributed by atoms with E-state index in [1.54, 1.807) is 0 Å². The van der Waals surface area contributed by atoms with Gasteiger partial charge < -0.3 is 5.32 Å². The molecule has 2 unspecified atom stereocenters. The smallest absolute Gasteiger partial charge is 0.0471 e. The Balaban J connectivity index is 2.65. The van der Waals surface area contributed by atoms with E-state index in [-0.39, 0.29) is 11.0 Å². The maximum absolute atomic E-state index is 8.39. The van der Waals surface area contributed by atoms with Crippen LogP contribution in [0.5, 0.6) is 0 Å². The molecule has 0 aromatic carbocycles. The van der Waals surface area contributed by atoms with Crippen LogP contribution in [0.1, 0.15) is 6.92 Å². The Morgan fingerprint density at radius 1 is 1.89 bits per heavy atom. The number of halogens is 1. The Bertz CT molecular complexity index is 180. The molecule has 0 radical (unpaired) electrons. The Morgan fingerprint density at radius 3 is 2.78 bits per heavy atom. The van der Waals surface area contributed by atoms with Gasteiger partial charge in [0.2, 0.25) is 0 Å². The summed E-state index contributed by atoms with van der Waals surface area (Å²) in [5.41, 5.74) is 1.13. The molecule has 0 saturated carbocycles. The molecule has 0 bridgehead atoms. The van der Waals surface area contributed by atoms with Gasteiger partial charge in [0.1, 0.15) is 0 Å². The molecular weight excluding hydrogens is 180 g/mol. The van der Waals surface area contributed by atoms with Crippen LogP contribution in [-0.2, 0) is 0 Å². The van der Waals surface area contributed by atoms with Gasteiger partial charge in [-0.3, -0.25) is 0 Å². The first kappa shape index (κ1) is 6.79. The van der Waals surface area contributed by atoms with Crippen molar-refractivity contribution in [3.05, 3.63) is 17.0 Å². The van der Waals surface area contributed by atoms with Crippen LogP contribution in [0.15, 0.2) is 11.6 Å². The van der Waals surface area contributed by atoms with Gasteiger partial charge >= 0.3 is 0 Å². The number of nitrogens with zero attached hydrogens (tertiary/aromatic N) is 2. The van der Waals surface area contributed by atoms with Crippen LogP contribution in [0.3, 0.4) is 0 Å². The molecule has 0 amide bonds. The van der Waals surface area contributed by atoms with Gasteiger partial charge in [-0.05, 0) is 13.0 Å². The van der Waals surface area contributed by atoms with Crippen LogP contribution < -0.4 is 0 Å². The van der Waals surface area contributed by atoms with Crippen molar-refractivity contribution in [1.29, 1.82) is 5.26 Å². The minimum atomic E-state index is -0.227. The van der Waals surface area contributed by atoms with E-state index in [9.17, 15) is 0 Å². The van der Waals surface area contributed by atoms with Gasteiger partial charge in [-0.1, -0.05) is 16.6 Å². The fourth-order valence-electron chi connectivity index (χ4n) is 0.701. The SMILES string of the molecule is CC1=CC(C#N)[N-]C1Br. The van der Waals surface area contributed by atoms with E-state index in [4.69, 9.17) is 5.26 Å². The maximum Gasteiger partial charge on any atom is 0.0471 e. The third-order valence-corrected chi connectivity index (χ3v) is 2.18. The van der Waals surface area contributed by atoms with Crippen molar-refractivity contribution in [2.45, 2.75) is 17.9 Å². The Morgan fingerprint density at radius 2 is 2.56 bits per heavy atom. The molecule has 1 heterocycles. The van der Waals surface area contributed by atoms with E-state index in [1.807, 2.05) is 13.0 Å². The van der Waals surface area contributed by atoms with Crippen LogP contribution in [0.4, 0.5) is 0 Å². The number of rotatable bonds is 0. The summed E-state index contributed by atoms with van der Waals surface area (Å²) >= 11 is 3.30. The third kappa shape index (κ3) is 1.32. The van der Waals surface area contributed by atoms with Gasteiger partial charge in [0.15, 0.2) is 0 Å². The molecule has 0 aromatic heterocycles. The van der Waals surface area contributed by atoms with Gasteiger partial charge in [-0.15, -0.1) is 15.9 Å². The highest BCUT2D eigenvalue weighted by molar-refractivity contribution is 9.09. The lowest BCUT2D eigenvalue weighted by molar-refractivity contribution is 1.14. The van der Waals surface area contributed by atoms with Gasteiger partial charge in [-0.25, -0.2) is 0 Å². The van der Waals surface area contributed by atoms with Crippen LogP contribution in [0.25, 0.3) is 5.32 Å². The zero-order valence-electron chi connectivity index (χ0n) is 5.00. The average Bonchev–Trinajstić information content (AvgIpc) is 2.13. The highest BCUT2D eigenvalue weighted by Crippen LogP contribution is 2.28. The summed E-state index contributed by atoms with van der Waals surface area (Å²) in [6.07, 6.45) is 1.86. The third-order valence-electron chi connectivity index (χ3n) is 1.22. The van der Waals surface area contributed by atoms with Crippen LogP contribution >= 0.6 is 15.9 Å². The summed E-state index contributed by atoms with van der Waals surface area (Å²) in [5.74, 6) is 0. The van der Waals surface area contributed by atoms with Crippen LogP contribution in [-0.4, -0.2) is 11.0 Å². The van der Waals surface area contributed by atoms with E-state index in [1.165, 1.54) is 0 Å². The Hall–Kier alpha value is -0.330. The van der Waals surface area contributed by atoms with Crippen molar-refractivity contribution in [2.24, 2.45) is 0 Å². The van der Waals surface area contributed by atoms with E-state index in [2.05, 4.69) is 27.3 Å². The minimum Gasteiger partial charge on any atom is -0.628 e. The molecule has 0 aliphatic carbocycles. The van der Waals surface area contributed by atoms with E-state index in [0.717, 1.165) is 5.57 Å². The summed E-state index contributed by atoms with van der Waals surface area (Å²) in [6.45, 7) is 1.96. The predicted molar refractivity (Wildman–Crippen MR) is 39.2 cm³/mol. The second-order valence-corrected chi connectivity index (χ2v) is 2.84. The first-order valence-electron chi connectivity index (χ1n) is 2.66. The molecule has 48 valence electrons. The van der Waals surface area contributed by atoms with Gasteiger partial charge in [0.25, 0.3) is 0 Å². The molecule has 0 spiro atoms. The van der Waals surface area contributed by atoms with Crippen molar-refractivity contribution in [2.75, 3.05) is 0 Å². The van der Waals surface area contributed by atoms with E-state index in [0.29, 0.717) is 0 Å². The van der Waals surface area contributed by atoms with Gasteiger partial charge in [0, 0.05) is 6.07 Å². The zero-order valence-corrected chi connectivity index (χ0v) is 6.59. The molecule has 1 aliphatic heterocycles. The Kier molecular flexibility index (Phi) is 1.89. The summed E-state index contributed by atoms with van der Waals surface area (Å²) < 4.78 is 0.